The Morgan fingerprint density at radius 1 is 1.10 bits per heavy atom. The molecule has 1 aromatic heterocycles. The molecule has 2 heterocycles. The number of aromatic nitrogens is 2. The fraction of sp³-hybridized carbons (Fsp3) is 0.333. The molecule has 0 N–H and O–H groups in total. The molecular formula is C21H23N3O5S2. The Kier molecular flexibility index (Phi) is 6.91. The molecule has 8 nitrogen and oxygen atoms in total. The van der Waals surface area contributed by atoms with Crippen molar-refractivity contribution in [2.24, 2.45) is 0 Å². The van der Waals surface area contributed by atoms with Crippen molar-refractivity contribution >= 4 is 21.8 Å². The number of benzene rings is 2. The summed E-state index contributed by atoms with van der Waals surface area (Å²) in [5.41, 5.74) is 1.70. The van der Waals surface area contributed by atoms with Crippen LogP contribution in [-0.2, 0) is 14.8 Å². The number of ether oxygens (including phenoxy) is 2. The molecular weight excluding hydrogens is 438 g/mol. The van der Waals surface area contributed by atoms with Gasteiger partial charge in [0.1, 0.15) is 5.75 Å². The molecule has 0 atom stereocenters. The van der Waals surface area contributed by atoms with E-state index in [4.69, 9.17) is 13.9 Å². The Hall–Kier alpha value is -2.40. The van der Waals surface area contributed by atoms with E-state index < -0.39 is 10.0 Å². The van der Waals surface area contributed by atoms with Crippen LogP contribution in [0.1, 0.15) is 5.56 Å². The predicted molar refractivity (Wildman–Crippen MR) is 117 cm³/mol. The third kappa shape index (κ3) is 5.45. The summed E-state index contributed by atoms with van der Waals surface area (Å²) in [5.74, 6) is 1.74. The van der Waals surface area contributed by atoms with Crippen LogP contribution in [0.2, 0.25) is 0 Å². The molecule has 3 aromatic rings. The van der Waals surface area contributed by atoms with Gasteiger partial charge in [0.05, 0.1) is 24.7 Å². The van der Waals surface area contributed by atoms with Crippen molar-refractivity contribution in [3.05, 3.63) is 54.1 Å². The summed E-state index contributed by atoms with van der Waals surface area (Å²) in [6, 6.07) is 14.4. The maximum atomic E-state index is 12.9. The van der Waals surface area contributed by atoms with Crippen molar-refractivity contribution in [1.82, 2.24) is 14.5 Å². The van der Waals surface area contributed by atoms with Crippen LogP contribution < -0.4 is 4.74 Å². The molecule has 2 aromatic carbocycles. The van der Waals surface area contributed by atoms with Gasteiger partial charge in [-0.25, -0.2) is 8.42 Å². The molecule has 0 aliphatic carbocycles. The third-order valence-electron chi connectivity index (χ3n) is 4.66. The summed E-state index contributed by atoms with van der Waals surface area (Å²) in [7, 11) is -3.59. The van der Waals surface area contributed by atoms with Crippen molar-refractivity contribution in [3.63, 3.8) is 0 Å². The van der Waals surface area contributed by atoms with E-state index >= 15 is 0 Å². The van der Waals surface area contributed by atoms with Crippen molar-refractivity contribution in [2.45, 2.75) is 17.0 Å². The molecule has 31 heavy (non-hydrogen) atoms. The lowest BCUT2D eigenvalue weighted by Gasteiger charge is -2.26. The summed E-state index contributed by atoms with van der Waals surface area (Å²) in [4.78, 5) is 0.200. The van der Waals surface area contributed by atoms with E-state index in [0.29, 0.717) is 49.4 Å². The first kappa shape index (κ1) is 21.8. The van der Waals surface area contributed by atoms with Crippen LogP contribution in [0.15, 0.2) is 63.1 Å². The minimum Gasteiger partial charge on any atom is -0.493 e. The van der Waals surface area contributed by atoms with Gasteiger partial charge in [0.15, 0.2) is 0 Å². The third-order valence-corrected chi connectivity index (χ3v) is 7.34. The molecule has 0 saturated carbocycles. The largest absolute Gasteiger partial charge is 0.493 e. The van der Waals surface area contributed by atoms with Gasteiger partial charge in [-0.05, 0) is 42.8 Å². The quantitative estimate of drug-likeness (QED) is 0.373. The maximum Gasteiger partial charge on any atom is 0.276 e. The Morgan fingerprint density at radius 2 is 1.90 bits per heavy atom. The minimum absolute atomic E-state index is 0.200. The minimum atomic E-state index is -3.59. The topological polar surface area (TPSA) is 94.8 Å². The van der Waals surface area contributed by atoms with Gasteiger partial charge in [-0.2, -0.15) is 4.31 Å². The second-order valence-corrected chi connectivity index (χ2v) is 9.91. The second-order valence-electron chi connectivity index (χ2n) is 6.93. The molecule has 4 rings (SSSR count). The average molecular weight is 462 g/mol. The highest BCUT2D eigenvalue weighted by atomic mass is 32.2. The van der Waals surface area contributed by atoms with Crippen molar-refractivity contribution in [2.75, 3.05) is 38.7 Å². The van der Waals surface area contributed by atoms with Crippen LogP contribution in [0, 0.1) is 6.92 Å². The number of nitrogens with zero attached hydrogens (tertiary/aromatic N) is 3. The summed E-state index contributed by atoms with van der Waals surface area (Å²) >= 11 is 1.39. The Bertz CT molecular complexity index is 1130. The lowest BCUT2D eigenvalue weighted by Crippen LogP contribution is -2.40. The van der Waals surface area contributed by atoms with E-state index in [1.54, 1.807) is 24.3 Å². The maximum absolute atomic E-state index is 12.9. The lowest BCUT2D eigenvalue weighted by molar-refractivity contribution is 0.0730. The first-order valence-corrected chi connectivity index (χ1v) is 12.3. The number of rotatable bonds is 8. The van der Waals surface area contributed by atoms with Crippen molar-refractivity contribution in [3.8, 4) is 17.2 Å². The summed E-state index contributed by atoms with van der Waals surface area (Å²) in [6.07, 6.45) is 0. The molecule has 0 amide bonds. The molecule has 0 radical (unpaired) electrons. The van der Waals surface area contributed by atoms with E-state index in [1.165, 1.54) is 16.1 Å². The van der Waals surface area contributed by atoms with Gasteiger partial charge in [-0.15, -0.1) is 10.2 Å². The molecule has 1 fully saturated rings. The molecule has 1 aliphatic rings. The highest BCUT2D eigenvalue weighted by Gasteiger charge is 2.26. The van der Waals surface area contributed by atoms with Gasteiger partial charge in [0.25, 0.3) is 5.22 Å². The van der Waals surface area contributed by atoms with E-state index in [9.17, 15) is 8.42 Å². The highest BCUT2D eigenvalue weighted by Crippen LogP contribution is 2.26. The van der Waals surface area contributed by atoms with Crippen LogP contribution in [0.5, 0.6) is 5.75 Å². The van der Waals surface area contributed by atoms with Crippen LogP contribution >= 0.6 is 11.8 Å². The average Bonchev–Trinajstić information content (AvgIpc) is 3.27. The van der Waals surface area contributed by atoms with Crippen LogP contribution in [-0.4, -0.2) is 61.6 Å². The Labute approximate surface area is 185 Å². The van der Waals surface area contributed by atoms with Gasteiger partial charge in [0.2, 0.25) is 15.9 Å². The number of hydrogen-bond donors (Lipinski definition) is 0. The number of morpholine rings is 1. The van der Waals surface area contributed by atoms with E-state index in [1.807, 2.05) is 31.2 Å². The number of hydrogen-bond acceptors (Lipinski definition) is 8. The SMILES string of the molecule is Cc1cccc(OCCSc2nnc(-c3cccc(S(=O)(=O)N4CCOCC4)c3)o2)c1. The smallest absolute Gasteiger partial charge is 0.276 e. The summed E-state index contributed by atoms with van der Waals surface area (Å²) < 4.78 is 43.9. The molecule has 164 valence electrons. The molecule has 0 spiro atoms. The Morgan fingerprint density at radius 3 is 2.71 bits per heavy atom. The molecule has 0 unspecified atom stereocenters. The monoisotopic (exact) mass is 461 g/mol. The predicted octanol–water partition coefficient (Wildman–Crippen LogP) is 3.24. The fourth-order valence-corrected chi connectivity index (χ4v) is 5.14. The van der Waals surface area contributed by atoms with Crippen molar-refractivity contribution < 1.29 is 22.3 Å². The van der Waals surface area contributed by atoms with E-state index in [-0.39, 0.29) is 10.8 Å². The van der Waals surface area contributed by atoms with Gasteiger partial charge >= 0.3 is 0 Å². The number of sulfonamides is 1. The summed E-state index contributed by atoms with van der Waals surface area (Å²) in [5, 5.41) is 8.52. The Balaban J connectivity index is 1.38. The van der Waals surface area contributed by atoms with Gasteiger partial charge in [0, 0.05) is 24.4 Å². The highest BCUT2D eigenvalue weighted by molar-refractivity contribution is 7.99. The van der Waals surface area contributed by atoms with Crippen molar-refractivity contribution in [1.29, 1.82) is 0 Å². The fourth-order valence-electron chi connectivity index (χ4n) is 3.10. The van der Waals surface area contributed by atoms with Crippen LogP contribution in [0.3, 0.4) is 0 Å². The van der Waals surface area contributed by atoms with Gasteiger partial charge < -0.3 is 13.9 Å². The zero-order chi connectivity index (χ0) is 21.7. The molecule has 10 heteroatoms. The van der Waals surface area contributed by atoms with E-state index in [0.717, 1.165) is 11.3 Å². The molecule has 0 bridgehead atoms. The zero-order valence-electron chi connectivity index (χ0n) is 17.1. The standard InChI is InChI=1S/C21H23N3O5S2/c1-16-4-2-6-18(14-16)28-12-13-30-21-23-22-20(29-21)17-5-3-7-19(15-17)31(25,26)24-8-10-27-11-9-24/h2-7,14-15H,8-13H2,1H3. The molecule has 1 aliphatic heterocycles. The van der Waals surface area contributed by atoms with Gasteiger partial charge in [-0.1, -0.05) is 30.0 Å². The first-order valence-electron chi connectivity index (χ1n) is 9.86. The first-order chi connectivity index (χ1) is 15.0. The normalized spacial score (nSPS) is 15.1. The summed E-state index contributed by atoms with van der Waals surface area (Å²) in [6.45, 7) is 4.01. The molecule has 1 saturated heterocycles. The van der Waals surface area contributed by atoms with Crippen LogP contribution in [0.25, 0.3) is 11.5 Å². The lowest BCUT2D eigenvalue weighted by atomic mass is 10.2. The zero-order valence-corrected chi connectivity index (χ0v) is 18.7. The van der Waals surface area contributed by atoms with Gasteiger partial charge in [-0.3, -0.25) is 0 Å². The van der Waals surface area contributed by atoms with Crippen LogP contribution in [0.4, 0.5) is 0 Å². The second kappa shape index (κ2) is 9.82. The number of aryl methyl sites for hydroxylation is 1. The number of thioether (sulfide) groups is 1. The van der Waals surface area contributed by atoms with E-state index in [2.05, 4.69) is 10.2 Å².